The summed E-state index contributed by atoms with van der Waals surface area (Å²) in [6, 6.07) is 9.20. The van der Waals surface area contributed by atoms with E-state index in [0.717, 1.165) is 28.9 Å². The molecule has 0 radical (unpaired) electrons. The molecule has 0 aliphatic carbocycles. The van der Waals surface area contributed by atoms with Gasteiger partial charge in [0.25, 0.3) is 0 Å². The molecule has 86 valence electrons. The monoisotopic (exact) mass is 280 g/mol. The average Bonchev–Trinajstić information content (AvgIpc) is 2.34. The molecule has 0 saturated carbocycles. The van der Waals surface area contributed by atoms with Crippen LogP contribution < -0.4 is 5.73 Å². The molecule has 4 heteroatoms. The fourth-order valence-electron chi connectivity index (χ4n) is 1.41. The van der Waals surface area contributed by atoms with Crippen molar-refractivity contribution in [3.05, 3.63) is 35.4 Å². The van der Waals surface area contributed by atoms with E-state index in [-0.39, 0.29) is 15.8 Å². The fourth-order valence-corrected chi connectivity index (χ4v) is 3.37. The second kappa shape index (κ2) is 7.46. The van der Waals surface area contributed by atoms with E-state index in [2.05, 4.69) is 6.07 Å². The molecule has 0 spiro atoms. The Morgan fingerprint density at radius 1 is 1.31 bits per heavy atom. The van der Waals surface area contributed by atoms with Crippen molar-refractivity contribution < 1.29 is 5.11 Å². The van der Waals surface area contributed by atoms with Gasteiger partial charge in [-0.1, -0.05) is 0 Å². The summed E-state index contributed by atoms with van der Waals surface area (Å²) in [4.78, 5) is 0. The first-order chi connectivity index (χ1) is 7.77. The van der Waals surface area contributed by atoms with Gasteiger partial charge in [0.2, 0.25) is 0 Å². The van der Waals surface area contributed by atoms with Gasteiger partial charge in [-0.2, -0.15) is 0 Å². The Balaban J connectivity index is 2.40. The Bertz CT molecular complexity index is 345. The van der Waals surface area contributed by atoms with Gasteiger partial charge in [0.05, 0.1) is 0 Å². The van der Waals surface area contributed by atoms with Crippen molar-refractivity contribution in [1.29, 1.82) is 5.26 Å². The number of aliphatic hydroxyl groups is 1. The predicted molar refractivity (Wildman–Crippen MR) is 66.6 cm³/mol. The Hall–Kier alpha value is -0.812. The van der Waals surface area contributed by atoms with Crippen molar-refractivity contribution in [3.63, 3.8) is 0 Å². The van der Waals surface area contributed by atoms with Crippen LogP contribution in [-0.4, -0.2) is 27.4 Å². The summed E-state index contributed by atoms with van der Waals surface area (Å²) in [6.07, 6.45) is 0.417. The first-order valence-corrected chi connectivity index (χ1v) is 8.33. The van der Waals surface area contributed by atoms with Crippen LogP contribution in [0.1, 0.15) is 23.7 Å². The number of nitrogens with zero attached hydrogens (tertiary/aromatic N) is 1. The van der Waals surface area contributed by atoms with Crippen molar-refractivity contribution >= 4 is 15.8 Å². The Morgan fingerprint density at radius 3 is 2.56 bits per heavy atom. The third kappa shape index (κ3) is 4.36. The van der Waals surface area contributed by atoms with Gasteiger partial charge in [-0.3, -0.25) is 0 Å². The van der Waals surface area contributed by atoms with E-state index in [1.165, 1.54) is 0 Å². The van der Waals surface area contributed by atoms with Gasteiger partial charge in [-0.05, 0) is 0 Å². The first kappa shape index (κ1) is 13.3. The summed E-state index contributed by atoms with van der Waals surface area (Å²) in [7, 11) is 0. The van der Waals surface area contributed by atoms with Crippen LogP contribution >= 0.6 is 0 Å². The van der Waals surface area contributed by atoms with Crippen molar-refractivity contribution in [1.82, 2.24) is 0 Å². The van der Waals surface area contributed by atoms with Crippen LogP contribution in [0, 0.1) is 11.3 Å². The van der Waals surface area contributed by atoms with Crippen LogP contribution in [0.3, 0.4) is 0 Å². The van der Waals surface area contributed by atoms with Crippen LogP contribution in [-0.2, 0) is 0 Å². The van der Waals surface area contributed by atoms with E-state index in [4.69, 9.17) is 11.0 Å². The summed E-state index contributed by atoms with van der Waals surface area (Å²) in [5.74, 6) is 0. The third-order valence-electron chi connectivity index (χ3n) is 2.34. The molecule has 0 bridgehead atoms. The molecular formula is C12H17AsN2O. The van der Waals surface area contributed by atoms with Crippen molar-refractivity contribution in [2.45, 2.75) is 22.9 Å². The summed E-state index contributed by atoms with van der Waals surface area (Å²) < 4.78 is 0. The number of rotatable bonds is 6. The fraction of sp³-hybridized carbons (Fsp3) is 0.417. The normalized spacial score (nSPS) is 12.8. The minimum atomic E-state index is -0.394. The molecule has 3 nitrogen and oxygen atoms in total. The standard InChI is InChI=1S/C12H17AsN2O/c14-8-7-13-6-5-12(16)11-3-1-10(9-15)2-4-11/h1-4,12-13,16H,5-8,14H2. The Morgan fingerprint density at radius 2 is 2.00 bits per heavy atom. The summed E-state index contributed by atoms with van der Waals surface area (Å²) in [5.41, 5.74) is 6.96. The molecule has 0 aromatic heterocycles. The molecule has 0 aliphatic rings. The molecule has 0 heterocycles. The zero-order valence-electron chi connectivity index (χ0n) is 9.19. The van der Waals surface area contributed by atoms with Crippen LogP contribution in [0.2, 0.25) is 10.4 Å². The first-order valence-electron chi connectivity index (χ1n) is 5.37. The molecule has 2 unspecified atom stereocenters. The van der Waals surface area contributed by atoms with Gasteiger partial charge in [-0.25, -0.2) is 0 Å². The topological polar surface area (TPSA) is 70.0 Å². The number of nitriles is 1. The Labute approximate surface area is 103 Å². The summed E-state index contributed by atoms with van der Waals surface area (Å²) in [5, 5.41) is 20.8. The van der Waals surface area contributed by atoms with Crippen LogP contribution in [0.4, 0.5) is 0 Å². The van der Waals surface area contributed by atoms with Crippen LogP contribution in [0.15, 0.2) is 24.3 Å². The van der Waals surface area contributed by atoms with E-state index in [1.54, 1.807) is 12.1 Å². The van der Waals surface area contributed by atoms with E-state index in [0.29, 0.717) is 5.56 Å². The minimum absolute atomic E-state index is 0.0286. The molecule has 2 atom stereocenters. The maximum atomic E-state index is 9.89. The van der Waals surface area contributed by atoms with Gasteiger partial charge < -0.3 is 0 Å². The van der Waals surface area contributed by atoms with Gasteiger partial charge in [0.15, 0.2) is 0 Å². The molecule has 0 saturated heterocycles. The van der Waals surface area contributed by atoms with Crippen molar-refractivity contribution in [3.8, 4) is 6.07 Å². The average molecular weight is 280 g/mol. The van der Waals surface area contributed by atoms with E-state index in [9.17, 15) is 5.11 Å². The van der Waals surface area contributed by atoms with Crippen LogP contribution in [0.5, 0.6) is 0 Å². The molecule has 1 rings (SSSR count). The number of hydrogen-bond acceptors (Lipinski definition) is 3. The SMILES string of the molecule is N#Cc1ccc(C(O)CC[AsH]CCN)cc1. The van der Waals surface area contributed by atoms with Crippen molar-refractivity contribution in [2.24, 2.45) is 5.73 Å². The van der Waals surface area contributed by atoms with Crippen molar-refractivity contribution in [2.75, 3.05) is 6.54 Å². The molecule has 3 N–H and O–H groups in total. The second-order valence-corrected chi connectivity index (χ2v) is 6.72. The molecule has 16 heavy (non-hydrogen) atoms. The quantitative estimate of drug-likeness (QED) is 0.608. The molecule has 0 aliphatic heterocycles. The van der Waals surface area contributed by atoms with E-state index < -0.39 is 6.10 Å². The van der Waals surface area contributed by atoms with Crippen LogP contribution in [0.25, 0.3) is 0 Å². The zero-order chi connectivity index (χ0) is 11.8. The van der Waals surface area contributed by atoms with E-state index >= 15 is 0 Å². The number of nitrogens with two attached hydrogens (primary N) is 1. The molecule has 0 amide bonds. The van der Waals surface area contributed by atoms with Gasteiger partial charge in [0.1, 0.15) is 0 Å². The maximum absolute atomic E-state index is 9.89. The number of hydrogen-bond donors (Lipinski definition) is 2. The van der Waals surface area contributed by atoms with Gasteiger partial charge in [0, 0.05) is 0 Å². The second-order valence-electron chi connectivity index (χ2n) is 3.58. The van der Waals surface area contributed by atoms with E-state index in [1.807, 2.05) is 12.1 Å². The number of aliphatic hydroxyl groups excluding tert-OH is 1. The predicted octanol–water partition coefficient (Wildman–Crippen LogP) is 1.21. The zero-order valence-corrected chi connectivity index (χ0v) is 11.3. The number of benzene rings is 1. The summed E-state index contributed by atoms with van der Waals surface area (Å²) in [6.45, 7) is 0.771. The van der Waals surface area contributed by atoms with Gasteiger partial charge in [-0.15, -0.1) is 0 Å². The molecule has 0 fully saturated rings. The molecule has 1 aromatic carbocycles. The summed E-state index contributed by atoms with van der Waals surface area (Å²) >= 11 is 0.0286. The Kier molecular flexibility index (Phi) is 6.18. The molecular weight excluding hydrogens is 263 g/mol. The third-order valence-corrected chi connectivity index (χ3v) is 5.04. The van der Waals surface area contributed by atoms with Gasteiger partial charge >= 0.3 is 103 Å². The molecule has 1 aromatic rings.